The molecule has 0 aliphatic carbocycles. The second-order valence-corrected chi connectivity index (χ2v) is 3.89. The molecule has 102 valence electrons. The van der Waals surface area contributed by atoms with E-state index in [1.54, 1.807) is 0 Å². The number of nitrogens with one attached hydrogen (secondary N) is 1. The summed E-state index contributed by atoms with van der Waals surface area (Å²) in [5.74, 6) is -2.31. The lowest BCUT2D eigenvalue weighted by molar-refractivity contribution is 0.0696. The first kappa shape index (κ1) is 13.6. The van der Waals surface area contributed by atoms with Crippen LogP contribution >= 0.6 is 0 Å². The summed E-state index contributed by atoms with van der Waals surface area (Å²) in [7, 11) is 0. The SMILES string of the molecule is O=C(O)c1ccnc(CNC(=O)c2ccnc(F)c2)c1. The second kappa shape index (κ2) is 5.87. The Morgan fingerprint density at radius 1 is 1.15 bits per heavy atom. The van der Waals surface area contributed by atoms with E-state index in [4.69, 9.17) is 5.11 Å². The summed E-state index contributed by atoms with van der Waals surface area (Å²) in [5.41, 5.74) is 0.610. The maximum absolute atomic E-state index is 12.9. The lowest BCUT2D eigenvalue weighted by Gasteiger charge is -2.05. The number of carboxylic acids is 1. The highest BCUT2D eigenvalue weighted by Crippen LogP contribution is 2.03. The van der Waals surface area contributed by atoms with Crippen LogP contribution in [0.3, 0.4) is 0 Å². The number of pyridine rings is 2. The molecule has 2 rings (SSSR count). The standard InChI is InChI=1S/C13H10FN3O3/c14-11-6-8(1-4-16-11)12(18)17-7-10-5-9(13(19)20)2-3-15-10/h1-6H,7H2,(H,17,18)(H,19,20). The molecule has 2 aromatic heterocycles. The number of amides is 1. The fraction of sp³-hybridized carbons (Fsp3) is 0.0769. The van der Waals surface area contributed by atoms with Crippen molar-refractivity contribution in [2.24, 2.45) is 0 Å². The molecular formula is C13H10FN3O3. The average molecular weight is 275 g/mol. The molecule has 2 heterocycles. The van der Waals surface area contributed by atoms with Crippen LogP contribution in [0.25, 0.3) is 0 Å². The molecular weight excluding hydrogens is 265 g/mol. The highest BCUT2D eigenvalue weighted by molar-refractivity contribution is 5.94. The Morgan fingerprint density at radius 2 is 1.85 bits per heavy atom. The summed E-state index contributed by atoms with van der Waals surface area (Å²) < 4.78 is 12.9. The summed E-state index contributed by atoms with van der Waals surface area (Å²) in [6.45, 7) is 0.0455. The minimum atomic E-state index is -1.07. The molecule has 0 bridgehead atoms. The lowest BCUT2D eigenvalue weighted by atomic mass is 10.2. The van der Waals surface area contributed by atoms with Gasteiger partial charge in [-0.3, -0.25) is 9.78 Å². The van der Waals surface area contributed by atoms with E-state index in [1.807, 2.05) is 0 Å². The van der Waals surface area contributed by atoms with Crippen molar-refractivity contribution in [3.63, 3.8) is 0 Å². The van der Waals surface area contributed by atoms with Crippen LogP contribution in [-0.4, -0.2) is 27.0 Å². The minimum Gasteiger partial charge on any atom is -0.478 e. The van der Waals surface area contributed by atoms with Crippen LogP contribution in [0.1, 0.15) is 26.4 Å². The van der Waals surface area contributed by atoms with Gasteiger partial charge in [-0.05, 0) is 18.2 Å². The summed E-state index contributed by atoms with van der Waals surface area (Å²) in [5, 5.41) is 11.4. The van der Waals surface area contributed by atoms with Gasteiger partial charge < -0.3 is 10.4 Å². The smallest absolute Gasteiger partial charge is 0.335 e. The van der Waals surface area contributed by atoms with Crippen LogP contribution < -0.4 is 5.32 Å². The molecule has 0 atom stereocenters. The van der Waals surface area contributed by atoms with Crippen molar-refractivity contribution < 1.29 is 19.1 Å². The van der Waals surface area contributed by atoms with Gasteiger partial charge in [0.05, 0.1) is 17.8 Å². The molecule has 20 heavy (non-hydrogen) atoms. The van der Waals surface area contributed by atoms with Crippen molar-refractivity contribution in [1.29, 1.82) is 0 Å². The summed E-state index contributed by atoms with van der Waals surface area (Å²) >= 11 is 0. The molecule has 0 spiro atoms. The van der Waals surface area contributed by atoms with Gasteiger partial charge in [0.15, 0.2) is 0 Å². The zero-order chi connectivity index (χ0) is 14.5. The van der Waals surface area contributed by atoms with Crippen molar-refractivity contribution in [2.45, 2.75) is 6.54 Å². The number of aromatic nitrogens is 2. The predicted molar refractivity (Wildman–Crippen MR) is 66.6 cm³/mol. The van der Waals surface area contributed by atoms with E-state index in [-0.39, 0.29) is 17.7 Å². The number of nitrogens with zero attached hydrogens (tertiary/aromatic N) is 2. The number of hydrogen-bond donors (Lipinski definition) is 2. The average Bonchev–Trinajstić information content (AvgIpc) is 2.45. The van der Waals surface area contributed by atoms with Crippen molar-refractivity contribution in [1.82, 2.24) is 15.3 Å². The monoisotopic (exact) mass is 275 g/mol. The van der Waals surface area contributed by atoms with Crippen LogP contribution in [-0.2, 0) is 6.54 Å². The van der Waals surface area contributed by atoms with E-state index >= 15 is 0 Å². The molecule has 0 aliphatic rings. The molecule has 0 saturated heterocycles. The van der Waals surface area contributed by atoms with Gasteiger partial charge in [0.25, 0.3) is 5.91 Å². The fourth-order valence-electron chi connectivity index (χ4n) is 1.52. The number of aromatic carboxylic acids is 1. The van der Waals surface area contributed by atoms with Crippen molar-refractivity contribution in [2.75, 3.05) is 0 Å². The highest BCUT2D eigenvalue weighted by atomic mass is 19.1. The molecule has 0 radical (unpaired) electrons. The van der Waals surface area contributed by atoms with Crippen LogP contribution in [0.5, 0.6) is 0 Å². The van der Waals surface area contributed by atoms with Crippen molar-refractivity contribution in [3.8, 4) is 0 Å². The fourth-order valence-corrected chi connectivity index (χ4v) is 1.52. The number of halogens is 1. The van der Waals surface area contributed by atoms with Gasteiger partial charge in [0, 0.05) is 24.0 Å². The molecule has 0 aliphatic heterocycles. The van der Waals surface area contributed by atoms with Gasteiger partial charge in [-0.2, -0.15) is 4.39 Å². The summed E-state index contributed by atoms with van der Waals surface area (Å²) in [4.78, 5) is 29.8. The Bertz CT molecular complexity index is 661. The minimum absolute atomic E-state index is 0.0455. The lowest BCUT2D eigenvalue weighted by Crippen LogP contribution is -2.23. The van der Waals surface area contributed by atoms with E-state index in [0.717, 1.165) is 6.07 Å². The van der Waals surface area contributed by atoms with Crippen molar-refractivity contribution >= 4 is 11.9 Å². The van der Waals surface area contributed by atoms with E-state index in [2.05, 4.69) is 15.3 Å². The van der Waals surface area contributed by atoms with E-state index in [1.165, 1.54) is 30.6 Å². The zero-order valence-corrected chi connectivity index (χ0v) is 10.2. The Kier molecular flexibility index (Phi) is 3.99. The predicted octanol–water partition coefficient (Wildman–Crippen LogP) is 1.24. The van der Waals surface area contributed by atoms with Gasteiger partial charge in [-0.25, -0.2) is 9.78 Å². The zero-order valence-electron chi connectivity index (χ0n) is 10.2. The van der Waals surface area contributed by atoms with Crippen LogP contribution in [0.15, 0.2) is 36.7 Å². The van der Waals surface area contributed by atoms with Crippen LogP contribution in [0, 0.1) is 5.95 Å². The quantitative estimate of drug-likeness (QED) is 0.819. The molecule has 0 saturated carbocycles. The number of carbonyl (C=O) groups is 2. The maximum atomic E-state index is 12.9. The normalized spacial score (nSPS) is 10.1. The van der Waals surface area contributed by atoms with Crippen LogP contribution in [0.4, 0.5) is 4.39 Å². The highest BCUT2D eigenvalue weighted by Gasteiger charge is 2.08. The first-order chi connectivity index (χ1) is 9.56. The van der Waals surface area contributed by atoms with E-state index in [0.29, 0.717) is 5.69 Å². The molecule has 6 nitrogen and oxygen atoms in total. The first-order valence-corrected chi connectivity index (χ1v) is 5.64. The third kappa shape index (κ3) is 3.35. The maximum Gasteiger partial charge on any atom is 0.335 e. The van der Waals surface area contributed by atoms with Crippen molar-refractivity contribution in [3.05, 3.63) is 59.4 Å². The molecule has 1 amide bonds. The Hall–Kier alpha value is -2.83. The first-order valence-electron chi connectivity index (χ1n) is 5.64. The van der Waals surface area contributed by atoms with Gasteiger partial charge in [0.2, 0.25) is 5.95 Å². The van der Waals surface area contributed by atoms with E-state index < -0.39 is 17.8 Å². The number of hydrogen-bond acceptors (Lipinski definition) is 4. The van der Waals surface area contributed by atoms with Crippen LogP contribution in [0.2, 0.25) is 0 Å². The topological polar surface area (TPSA) is 92.2 Å². The molecule has 0 fully saturated rings. The van der Waals surface area contributed by atoms with Gasteiger partial charge >= 0.3 is 5.97 Å². The molecule has 2 aromatic rings. The molecule has 0 aromatic carbocycles. The molecule has 0 unspecified atom stereocenters. The van der Waals surface area contributed by atoms with Gasteiger partial charge in [-0.1, -0.05) is 0 Å². The number of rotatable bonds is 4. The molecule has 7 heteroatoms. The van der Waals surface area contributed by atoms with Gasteiger partial charge in [-0.15, -0.1) is 0 Å². The summed E-state index contributed by atoms with van der Waals surface area (Å²) in [6, 6.07) is 5.09. The summed E-state index contributed by atoms with van der Waals surface area (Å²) in [6.07, 6.45) is 2.53. The Balaban J connectivity index is 2.03. The second-order valence-electron chi connectivity index (χ2n) is 3.89. The largest absolute Gasteiger partial charge is 0.478 e. The Labute approximate surface area is 113 Å². The third-order valence-corrected chi connectivity index (χ3v) is 2.48. The molecule has 2 N–H and O–H groups in total. The van der Waals surface area contributed by atoms with E-state index in [9.17, 15) is 14.0 Å². The van der Waals surface area contributed by atoms with Gasteiger partial charge in [0.1, 0.15) is 0 Å². The number of carboxylic acid groups (broad SMARTS) is 1. The third-order valence-electron chi connectivity index (χ3n) is 2.48. The number of carbonyl (C=O) groups excluding carboxylic acids is 1. The Morgan fingerprint density at radius 3 is 2.55 bits per heavy atom.